The van der Waals surface area contributed by atoms with Crippen LogP contribution in [-0.4, -0.2) is 4.98 Å². The summed E-state index contributed by atoms with van der Waals surface area (Å²) in [5.41, 5.74) is 4.46. The first-order valence-electron chi connectivity index (χ1n) is 8.35. The third kappa shape index (κ3) is 3.15. The molecule has 0 N–H and O–H groups in total. The van der Waals surface area contributed by atoms with E-state index in [0.717, 1.165) is 23.1 Å². The molecule has 0 bridgehead atoms. The number of nitrogens with zero attached hydrogens (tertiary/aromatic N) is 2. The minimum Gasteiger partial charge on any atom is -0.436 e. The van der Waals surface area contributed by atoms with Crippen LogP contribution in [0, 0.1) is 5.82 Å². The van der Waals surface area contributed by atoms with E-state index in [1.54, 1.807) is 12.1 Å². The molecule has 0 aliphatic rings. The van der Waals surface area contributed by atoms with E-state index in [4.69, 9.17) is 4.42 Å². The van der Waals surface area contributed by atoms with Gasteiger partial charge in [-0.2, -0.15) is 0 Å². The Hall–Kier alpha value is -3.01. The van der Waals surface area contributed by atoms with Crippen LogP contribution < -0.4 is 4.57 Å². The van der Waals surface area contributed by atoms with Gasteiger partial charge in [0.05, 0.1) is 5.56 Å². The molecule has 124 valence electrons. The number of oxazole rings is 1. The van der Waals surface area contributed by atoms with Gasteiger partial charge in [0.15, 0.2) is 24.5 Å². The number of rotatable bonds is 4. The van der Waals surface area contributed by atoms with Crippen LogP contribution in [0.15, 0.2) is 71.4 Å². The predicted molar refractivity (Wildman–Crippen MR) is 94.5 cm³/mol. The average Bonchev–Trinajstić information content (AvgIpc) is 3.07. The highest BCUT2D eigenvalue weighted by Gasteiger charge is 2.12. The zero-order valence-corrected chi connectivity index (χ0v) is 13.9. The number of aromatic nitrogens is 2. The zero-order valence-electron chi connectivity index (χ0n) is 13.9. The fraction of sp³-hybridized carbons (Fsp3) is 0.143. The standard InChI is InChI=1S/C21H18FN2O/c1-2-15-7-8-20-19(13-15)23-21(25-20)16-9-11-24(12-10-16)14-17-5-3-4-6-18(17)22/h3-13H,2,14H2,1H3/q+1. The Bertz CT molecular complexity index is 1020. The van der Waals surface area contributed by atoms with Crippen LogP contribution in [0.3, 0.4) is 0 Å². The van der Waals surface area contributed by atoms with Crippen LogP contribution in [0.2, 0.25) is 0 Å². The number of hydrogen-bond acceptors (Lipinski definition) is 2. The fourth-order valence-corrected chi connectivity index (χ4v) is 2.85. The first-order chi connectivity index (χ1) is 12.2. The smallest absolute Gasteiger partial charge is 0.227 e. The highest BCUT2D eigenvalue weighted by atomic mass is 19.1. The van der Waals surface area contributed by atoms with Gasteiger partial charge in [0, 0.05) is 17.7 Å². The lowest BCUT2D eigenvalue weighted by Gasteiger charge is -2.00. The van der Waals surface area contributed by atoms with Gasteiger partial charge in [-0.15, -0.1) is 0 Å². The number of pyridine rings is 1. The van der Waals surface area contributed by atoms with Gasteiger partial charge in [0.25, 0.3) is 0 Å². The third-order valence-corrected chi connectivity index (χ3v) is 4.31. The predicted octanol–water partition coefficient (Wildman–Crippen LogP) is 4.53. The number of benzene rings is 2. The molecule has 0 fully saturated rings. The van der Waals surface area contributed by atoms with Crippen LogP contribution in [0.5, 0.6) is 0 Å². The molecule has 0 spiro atoms. The van der Waals surface area contributed by atoms with E-state index in [9.17, 15) is 4.39 Å². The van der Waals surface area contributed by atoms with Crippen molar-refractivity contribution in [1.29, 1.82) is 0 Å². The van der Waals surface area contributed by atoms with Crippen molar-refractivity contribution in [3.05, 3.63) is 83.9 Å². The maximum absolute atomic E-state index is 13.8. The Morgan fingerprint density at radius 1 is 1.04 bits per heavy atom. The number of fused-ring (bicyclic) bond motifs is 1. The summed E-state index contributed by atoms with van der Waals surface area (Å²) in [4.78, 5) is 4.58. The van der Waals surface area contributed by atoms with Gasteiger partial charge in [-0.3, -0.25) is 0 Å². The second kappa shape index (κ2) is 6.48. The second-order valence-corrected chi connectivity index (χ2v) is 6.03. The normalized spacial score (nSPS) is 11.1. The molecule has 0 unspecified atom stereocenters. The Kier molecular flexibility index (Phi) is 4.02. The average molecular weight is 333 g/mol. The molecule has 0 aliphatic carbocycles. The lowest BCUT2D eigenvalue weighted by molar-refractivity contribution is -0.688. The van der Waals surface area contributed by atoms with E-state index in [1.807, 2.05) is 41.2 Å². The van der Waals surface area contributed by atoms with Crippen LogP contribution in [0.1, 0.15) is 18.1 Å². The van der Waals surface area contributed by atoms with Crippen molar-refractivity contribution in [2.75, 3.05) is 0 Å². The molecule has 4 aromatic rings. The van der Waals surface area contributed by atoms with Crippen molar-refractivity contribution in [1.82, 2.24) is 4.98 Å². The summed E-state index contributed by atoms with van der Waals surface area (Å²) in [5, 5.41) is 0. The first-order valence-corrected chi connectivity index (χ1v) is 8.35. The summed E-state index contributed by atoms with van der Waals surface area (Å²) in [6.45, 7) is 2.61. The van der Waals surface area contributed by atoms with E-state index < -0.39 is 0 Å². The van der Waals surface area contributed by atoms with Gasteiger partial charge in [0.2, 0.25) is 5.89 Å². The molecule has 0 saturated heterocycles. The molecule has 3 nitrogen and oxygen atoms in total. The summed E-state index contributed by atoms with van der Waals surface area (Å²) in [6.07, 6.45) is 4.79. The molecular weight excluding hydrogens is 315 g/mol. The molecule has 2 heterocycles. The summed E-state index contributed by atoms with van der Waals surface area (Å²) < 4.78 is 21.5. The van der Waals surface area contributed by atoms with Crippen molar-refractivity contribution in [3.8, 4) is 11.5 Å². The molecular formula is C21H18FN2O+. The Morgan fingerprint density at radius 2 is 1.84 bits per heavy atom. The van der Waals surface area contributed by atoms with Crippen LogP contribution in [-0.2, 0) is 13.0 Å². The molecule has 0 saturated carbocycles. The Balaban J connectivity index is 1.60. The molecule has 2 aromatic heterocycles. The number of halogens is 1. The lowest BCUT2D eigenvalue weighted by atomic mass is 10.1. The van der Waals surface area contributed by atoms with Gasteiger partial charge in [-0.1, -0.05) is 25.1 Å². The number of aryl methyl sites for hydroxylation is 1. The van der Waals surface area contributed by atoms with E-state index in [-0.39, 0.29) is 5.82 Å². The molecule has 0 radical (unpaired) electrons. The van der Waals surface area contributed by atoms with Gasteiger partial charge < -0.3 is 4.42 Å². The summed E-state index contributed by atoms with van der Waals surface area (Å²) >= 11 is 0. The zero-order chi connectivity index (χ0) is 17.2. The maximum Gasteiger partial charge on any atom is 0.227 e. The van der Waals surface area contributed by atoms with Crippen molar-refractivity contribution >= 4 is 11.1 Å². The summed E-state index contributed by atoms with van der Waals surface area (Å²) in [5.74, 6) is 0.408. The van der Waals surface area contributed by atoms with Gasteiger partial charge in [-0.05, 0) is 36.2 Å². The van der Waals surface area contributed by atoms with E-state index in [2.05, 4.69) is 24.0 Å². The van der Waals surface area contributed by atoms with Gasteiger partial charge in [-0.25, -0.2) is 13.9 Å². The Morgan fingerprint density at radius 3 is 2.60 bits per heavy atom. The molecule has 4 heteroatoms. The van der Waals surface area contributed by atoms with E-state index >= 15 is 0 Å². The highest BCUT2D eigenvalue weighted by Crippen LogP contribution is 2.24. The molecule has 2 aromatic carbocycles. The molecule has 0 aliphatic heterocycles. The van der Waals surface area contributed by atoms with E-state index in [1.165, 1.54) is 11.6 Å². The second-order valence-electron chi connectivity index (χ2n) is 6.03. The van der Waals surface area contributed by atoms with E-state index in [0.29, 0.717) is 18.0 Å². The molecule has 4 rings (SSSR count). The minimum atomic E-state index is -0.190. The fourth-order valence-electron chi connectivity index (χ4n) is 2.85. The molecule has 0 amide bonds. The van der Waals surface area contributed by atoms with Gasteiger partial charge >= 0.3 is 0 Å². The quantitative estimate of drug-likeness (QED) is 0.514. The Labute approximate surface area is 145 Å². The maximum atomic E-state index is 13.8. The summed E-state index contributed by atoms with van der Waals surface area (Å²) in [6, 6.07) is 16.8. The SMILES string of the molecule is CCc1ccc2oc(-c3cc[n+](Cc4ccccc4F)cc3)nc2c1. The van der Waals surface area contributed by atoms with Crippen molar-refractivity contribution in [2.45, 2.75) is 19.9 Å². The van der Waals surface area contributed by atoms with Crippen LogP contribution in [0.25, 0.3) is 22.6 Å². The first kappa shape index (κ1) is 15.5. The van der Waals surface area contributed by atoms with Crippen molar-refractivity contribution in [2.24, 2.45) is 0 Å². The highest BCUT2D eigenvalue weighted by molar-refractivity contribution is 5.76. The van der Waals surface area contributed by atoms with Gasteiger partial charge in [0.1, 0.15) is 11.3 Å². The minimum absolute atomic E-state index is 0.190. The molecule has 0 atom stereocenters. The van der Waals surface area contributed by atoms with Crippen LogP contribution >= 0.6 is 0 Å². The monoisotopic (exact) mass is 333 g/mol. The van der Waals surface area contributed by atoms with Crippen molar-refractivity contribution in [3.63, 3.8) is 0 Å². The van der Waals surface area contributed by atoms with Crippen molar-refractivity contribution < 1.29 is 13.4 Å². The van der Waals surface area contributed by atoms with Crippen LogP contribution in [0.4, 0.5) is 4.39 Å². The number of hydrogen-bond donors (Lipinski definition) is 0. The largest absolute Gasteiger partial charge is 0.436 e. The topological polar surface area (TPSA) is 29.9 Å². The lowest BCUT2D eigenvalue weighted by Crippen LogP contribution is -2.33. The third-order valence-electron chi connectivity index (χ3n) is 4.31. The summed E-state index contributed by atoms with van der Waals surface area (Å²) in [7, 11) is 0. The molecule has 25 heavy (non-hydrogen) atoms.